The van der Waals surface area contributed by atoms with Crippen molar-refractivity contribution in [3.8, 4) is 0 Å². The van der Waals surface area contributed by atoms with Gasteiger partial charge >= 0.3 is 6.09 Å². The number of carbonyl (C=O) groups excluding carboxylic acids is 1. The molecule has 2 N–H and O–H groups in total. The van der Waals surface area contributed by atoms with Gasteiger partial charge in [-0.15, -0.1) is 0 Å². The van der Waals surface area contributed by atoms with Gasteiger partial charge in [0.25, 0.3) is 0 Å². The van der Waals surface area contributed by atoms with Crippen molar-refractivity contribution < 1.29 is 9.53 Å². The monoisotopic (exact) mass is 228 g/mol. The zero-order valence-electron chi connectivity index (χ0n) is 10.8. The van der Waals surface area contributed by atoms with E-state index in [-0.39, 0.29) is 0 Å². The van der Waals surface area contributed by atoms with E-state index >= 15 is 0 Å². The SMILES string of the molecule is C[C@H]1CCCC[C@H]1NNC(=O)OC(C)(C)C. The number of hydrogen-bond acceptors (Lipinski definition) is 3. The van der Waals surface area contributed by atoms with Gasteiger partial charge in [0.15, 0.2) is 0 Å². The average molecular weight is 228 g/mol. The van der Waals surface area contributed by atoms with Crippen LogP contribution in [0.5, 0.6) is 0 Å². The molecular weight excluding hydrogens is 204 g/mol. The van der Waals surface area contributed by atoms with E-state index in [0.29, 0.717) is 12.0 Å². The van der Waals surface area contributed by atoms with Crippen LogP contribution in [0.4, 0.5) is 4.79 Å². The first-order chi connectivity index (χ1) is 7.38. The van der Waals surface area contributed by atoms with Gasteiger partial charge in [0, 0.05) is 6.04 Å². The minimum absolute atomic E-state index is 0.376. The highest BCUT2D eigenvalue weighted by Crippen LogP contribution is 2.23. The number of nitrogens with one attached hydrogen (secondary N) is 2. The molecule has 0 aromatic rings. The van der Waals surface area contributed by atoms with E-state index < -0.39 is 11.7 Å². The van der Waals surface area contributed by atoms with Gasteiger partial charge in [0.1, 0.15) is 5.60 Å². The molecule has 1 aliphatic rings. The Labute approximate surface area is 98.1 Å². The van der Waals surface area contributed by atoms with E-state index in [1.807, 2.05) is 20.8 Å². The van der Waals surface area contributed by atoms with Crippen molar-refractivity contribution in [1.29, 1.82) is 0 Å². The van der Waals surface area contributed by atoms with Gasteiger partial charge in [0.2, 0.25) is 0 Å². The molecule has 1 fully saturated rings. The molecule has 1 aliphatic carbocycles. The highest BCUT2D eigenvalue weighted by Gasteiger charge is 2.22. The molecular formula is C12H24N2O2. The molecule has 0 heterocycles. The van der Waals surface area contributed by atoms with Gasteiger partial charge in [-0.25, -0.2) is 10.2 Å². The van der Waals surface area contributed by atoms with Crippen molar-refractivity contribution in [2.75, 3.05) is 0 Å². The molecule has 0 unspecified atom stereocenters. The van der Waals surface area contributed by atoms with Crippen LogP contribution in [0.25, 0.3) is 0 Å². The number of ether oxygens (including phenoxy) is 1. The smallest absolute Gasteiger partial charge is 0.422 e. The third-order valence-electron chi connectivity index (χ3n) is 2.87. The second kappa shape index (κ2) is 5.53. The van der Waals surface area contributed by atoms with Crippen LogP contribution in [-0.2, 0) is 4.74 Å². The van der Waals surface area contributed by atoms with Crippen LogP contribution in [0.3, 0.4) is 0 Å². The Morgan fingerprint density at radius 1 is 1.25 bits per heavy atom. The Bertz CT molecular complexity index is 236. The normalized spacial score (nSPS) is 26.2. The van der Waals surface area contributed by atoms with Crippen molar-refractivity contribution in [1.82, 2.24) is 10.9 Å². The highest BCUT2D eigenvalue weighted by atomic mass is 16.6. The molecule has 0 radical (unpaired) electrons. The van der Waals surface area contributed by atoms with E-state index in [9.17, 15) is 4.79 Å². The maximum absolute atomic E-state index is 11.4. The Hall–Kier alpha value is -0.770. The molecule has 1 rings (SSSR count). The van der Waals surface area contributed by atoms with Gasteiger partial charge < -0.3 is 4.74 Å². The zero-order valence-corrected chi connectivity index (χ0v) is 10.8. The molecule has 4 nitrogen and oxygen atoms in total. The van der Waals surface area contributed by atoms with Crippen LogP contribution in [0.2, 0.25) is 0 Å². The summed E-state index contributed by atoms with van der Waals surface area (Å²) >= 11 is 0. The Morgan fingerprint density at radius 2 is 1.88 bits per heavy atom. The van der Waals surface area contributed by atoms with Gasteiger partial charge in [0.05, 0.1) is 0 Å². The van der Waals surface area contributed by atoms with Crippen molar-refractivity contribution >= 4 is 6.09 Å². The standard InChI is InChI=1S/C12H24N2O2/c1-9-7-5-6-8-10(9)13-14-11(15)16-12(2,3)4/h9-10,13H,5-8H2,1-4H3,(H,14,15)/t9-,10+/m0/s1. The van der Waals surface area contributed by atoms with Gasteiger partial charge in [-0.1, -0.05) is 19.8 Å². The maximum Gasteiger partial charge on any atom is 0.422 e. The fraction of sp³-hybridized carbons (Fsp3) is 0.917. The predicted molar refractivity (Wildman–Crippen MR) is 63.9 cm³/mol. The number of carbonyl (C=O) groups is 1. The highest BCUT2D eigenvalue weighted by molar-refractivity contribution is 5.67. The van der Waals surface area contributed by atoms with Crippen LogP contribution >= 0.6 is 0 Å². The fourth-order valence-electron chi connectivity index (χ4n) is 1.99. The van der Waals surface area contributed by atoms with Gasteiger partial charge in [-0.3, -0.25) is 5.43 Å². The lowest BCUT2D eigenvalue weighted by Gasteiger charge is -2.30. The second-order valence-electron chi connectivity index (χ2n) is 5.64. The molecule has 1 amide bonds. The molecule has 0 saturated heterocycles. The first-order valence-electron chi connectivity index (χ1n) is 6.13. The second-order valence-corrected chi connectivity index (χ2v) is 5.64. The molecule has 0 spiro atoms. The summed E-state index contributed by atoms with van der Waals surface area (Å²) in [6, 6.07) is 0.376. The molecule has 16 heavy (non-hydrogen) atoms. The lowest BCUT2D eigenvalue weighted by atomic mass is 9.86. The molecule has 0 aromatic carbocycles. The summed E-state index contributed by atoms with van der Waals surface area (Å²) in [7, 11) is 0. The first kappa shape index (κ1) is 13.3. The molecule has 0 aliphatic heterocycles. The van der Waals surface area contributed by atoms with E-state index in [1.165, 1.54) is 19.3 Å². The van der Waals surface area contributed by atoms with Crippen LogP contribution in [0.15, 0.2) is 0 Å². The third-order valence-corrected chi connectivity index (χ3v) is 2.87. The molecule has 0 bridgehead atoms. The van der Waals surface area contributed by atoms with Crippen molar-refractivity contribution in [2.24, 2.45) is 5.92 Å². The van der Waals surface area contributed by atoms with Crippen molar-refractivity contribution in [3.63, 3.8) is 0 Å². The number of hydrogen-bond donors (Lipinski definition) is 2. The summed E-state index contributed by atoms with van der Waals surface area (Å²) in [6.07, 6.45) is 4.49. The number of amides is 1. The fourth-order valence-corrected chi connectivity index (χ4v) is 1.99. The quantitative estimate of drug-likeness (QED) is 0.714. The van der Waals surface area contributed by atoms with E-state index in [0.717, 1.165) is 6.42 Å². The van der Waals surface area contributed by atoms with Crippen LogP contribution in [0, 0.1) is 5.92 Å². The Kier molecular flexibility index (Phi) is 4.59. The largest absolute Gasteiger partial charge is 0.443 e. The summed E-state index contributed by atoms with van der Waals surface area (Å²) < 4.78 is 5.15. The van der Waals surface area contributed by atoms with Gasteiger partial charge in [-0.05, 0) is 39.5 Å². The first-order valence-corrected chi connectivity index (χ1v) is 6.13. The minimum Gasteiger partial charge on any atom is -0.443 e. The summed E-state index contributed by atoms with van der Waals surface area (Å²) in [5, 5.41) is 0. The average Bonchev–Trinajstić information content (AvgIpc) is 2.14. The van der Waals surface area contributed by atoms with Gasteiger partial charge in [-0.2, -0.15) is 0 Å². The maximum atomic E-state index is 11.4. The van der Waals surface area contributed by atoms with Crippen LogP contribution < -0.4 is 10.9 Å². The summed E-state index contributed by atoms with van der Waals surface area (Å²) in [5.74, 6) is 0.615. The topological polar surface area (TPSA) is 50.4 Å². The van der Waals surface area contributed by atoms with E-state index in [4.69, 9.17) is 4.74 Å². The molecule has 0 aromatic heterocycles. The Balaban J connectivity index is 2.25. The lowest BCUT2D eigenvalue weighted by Crippen LogP contribution is -2.49. The van der Waals surface area contributed by atoms with E-state index in [1.54, 1.807) is 0 Å². The summed E-state index contributed by atoms with van der Waals surface area (Å²) in [5.41, 5.74) is 5.26. The summed E-state index contributed by atoms with van der Waals surface area (Å²) in [4.78, 5) is 11.4. The van der Waals surface area contributed by atoms with Crippen LogP contribution in [0.1, 0.15) is 53.4 Å². The molecule has 4 heteroatoms. The minimum atomic E-state index is -0.441. The molecule has 2 atom stereocenters. The number of hydrazine groups is 1. The molecule has 94 valence electrons. The Morgan fingerprint density at radius 3 is 2.44 bits per heavy atom. The number of rotatable bonds is 2. The molecule has 1 saturated carbocycles. The zero-order chi connectivity index (χ0) is 12.2. The predicted octanol–water partition coefficient (Wildman–Crippen LogP) is 2.59. The van der Waals surface area contributed by atoms with Crippen LogP contribution in [-0.4, -0.2) is 17.7 Å². The van der Waals surface area contributed by atoms with E-state index in [2.05, 4.69) is 17.8 Å². The van der Waals surface area contributed by atoms with Crippen molar-refractivity contribution in [3.05, 3.63) is 0 Å². The summed E-state index contributed by atoms with van der Waals surface area (Å²) in [6.45, 7) is 7.79. The lowest BCUT2D eigenvalue weighted by molar-refractivity contribution is 0.0473. The van der Waals surface area contributed by atoms with Crippen molar-refractivity contribution in [2.45, 2.75) is 65.0 Å². The third kappa shape index (κ3) is 4.84.